The second-order valence-electron chi connectivity index (χ2n) is 4.57. The van der Waals surface area contributed by atoms with Crippen LogP contribution in [0.3, 0.4) is 0 Å². The summed E-state index contributed by atoms with van der Waals surface area (Å²) in [5.74, 6) is -0.215. The van der Waals surface area contributed by atoms with Gasteiger partial charge in [-0.05, 0) is 39.0 Å². The summed E-state index contributed by atoms with van der Waals surface area (Å²) in [5.41, 5.74) is 7.78. The standard InChI is InChI=1S/C14H16N4O2/c1-8-4-5-12(19)11(6-8)13(20)17-18-14-15-9(2)7-10(3)16-14/h4-7,19H,1-3H3,(H,17,20)(H,15,16,18). The van der Waals surface area contributed by atoms with Gasteiger partial charge in [-0.15, -0.1) is 0 Å². The van der Waals surface area contributed by atoms with Crippen LogP contribution < -0.4 is 10.9 Å². The number of hydrogen-bond acceptors (Lipinski definition) is 5. The fraction of sp³-hybridized carbons (Fsp3) is 0.214. The summed E-state index contributed by atoms with van der Waals surface area (Å²) < 4.78 is 0. The quantitative estimate of drug-likeness (QED) is 0.742. The zero-order valence-corrected chi connectivity index (χ0v) is 11.6. The molecule has 6 nitrogen and oxygen atoms in total. The Bertz CT molecular complexity index is 635. The van der Waals surface area contributed by atoms with Gasteiger partial charge in [-0.25, -0.2) is 9.97 Å². The first kappa shape index (κ1) is 13.8. The molecular formula is C14H16N4O2. The molecule has 6 heteroatoms. The summed E-state index contributed by atoms with van der Waals surface area (Å²) in [6.07, 6.45) is 0. The maximum absolute atomic E-state index is 12.0. The molecular weight excluding hydrogens is 256 g/mol. The Hall–Kier alpha value is -2.63. The summed E-state index contributed by atoms with van der Waals surface area (Å²) in [7, 11) is 0. The largest absolute Gasteiger partial charge is 0.507 e. The fourth-order valence-electron chi connectivity index (χ4n) is 1.79. The van der Waals surface area contributed by atoms with Crippen molar-refractivity contribution in [2.75, 3.05) is 5.43 Å². The molecule has 3 N–H and O–H groups in total. The van der Waals surface area contributed by atoms with Gasteiger partial charge in [0.05, 0.1) is 5.56 Å². The highest BCUT2D eigenvalue weighted by Crippen LogP contribution is 2.17. The molecule has 1 heterocycles. The van der Waals surface area contributed by atoms with Gasteiger partial charge in [0.2, 0.25) is 5.95 Å². The van der Waals surface area contributed by atoms with Crippen molar-refractivity contribution in [2.24, 2.45) is 0 Å². The van der Waals surface area contributed by atoms with Gasteiger partial charge in [-0.1, -0.05) is 11.6 Å². The van der Waals surface area contributed by atoms with Crippen molar-refractivity contribution >= 4 is 11.9 Å². The number of hydrogen-bond donors (Lipinski definition) is 3. The number of carbonyl (C=O) groups is 1. The number of benzene rings is 1. The molecule has 20 heavy (non-hydrogen) atoms. The van der Waals surface area contributed by atoms with E-state index in [2.05, 4.69) is 20.8 Å². The first-order valence-electron chi connectivity index (χ1n) is 6.14. The van der Waals surface area contributed by atoms with E-state index in [1.54, 1.807) is 12.1 Å². The third-order valence-electron chi connectivity index (χ3n) is 2.67. The van der Waals surface area contributed by atoms with E-state index < -0.39 is 5.91 Å². The number of phenols is 1. The van der Waals surface area contributed by atoms with E-state index in [1.807, 2.05) is 26.8 Å². The third-order valence-corrected chi connectivity index (χ3v) is 2.67. The molecule has 1 aromatic heterocycles. The molecule has 0 saturated carbocycles. The van der Waals surface area contributed by atoms with Crippen molar-refractivity contribution in [3.8, 4) is 5.75 Å². The Kier molecular flexibility index (Phi) is 3.84. The van der Waals surface area contributed by atoms with Crippen LogP contribution in [0.2, 0.25) is 0 Å². The number of amides is 1. The molecule has 1 amide bonds. The molecule has 104 valence electrons. The SMILES string of the molecule is Cc1ccc(O)c(C(=O)NNc2nc(C)cc(C)n2)c1. The molecule has 0 atom stereocenters. The summed E-state index contributed by atoms with van der Waals surface area (Å²) in [6, 6.07) is 6.65. The van der Waals surface area contributed by atoms with Gasteiger partial charge < -0.3 is 5.11 Å². The number of hydrazine groups is 1. The topological polar surface area (TPSA) is 87.1 Å². The lowest BCUT2D eigenvalue weighted by Crippen LogP contribution is -2.30. The smallest absolute Gasteiger partial charge is 0.273 e. The second-order valence-corrected chi connectivity index (χ2v) is 4.57. The number of aromatic hydroxyl groups is 1. The van der Waals surface area contributed by atoms with Crippen LogP contribution in [0.15, 0.2) is 24.3 Å². The van der Waals surface area contributed by atoms with Crippen molar-refractivity contribution in [3.63, 3.8) is 0 Å². The lowest BCUT2D eigenvalue weighted by atomic mass is 10.1. The number of phenolic OH excluding ortho intramolecular Hbond substituents is 1. The van der Waals surface area contributed by atoms with Crippen LogP contribution in [-0.2, 0) is 0 Å². The first-order valence-corrected chi connectivity index (χ1v) is 6.14. The molecule has 0 aliphatic heterocycles. The maximum Gasteiger partial charge on any atom is 0.273 e. The molecule has 0 aliphatic carbocycles. The molecule has 0 unspecified atom stereocenters. The number of nitrogens with one attached hydrogen (secondary N) is 2. The van der Waals surface area contributed by atoms with Crippen molar-refractivity contribution < 1.29 is 9.90 Å². The van der Waals surface area contributed by atoms with E-state index >= 15 is 0 Å². The Morgan fingerprint density at radius 3 is 2.40 bits per heavy atom. The van der Waals surface area contributed by atoms with E-state index in [4.69, 9.17) is 0 Å². The van der Waals surface area contributed by atoms with Gasteiger partial charge in [0.1, 0.15) is 5.75 Å². The molecule has 0 saturated heterocycles. The van der Waals surface area contributed by atoms with E-state index in [0.29, 0.717) is 5.95 Å². The van der Waals surface area contributed by atoms with E-state index in [1.165, 1.54) is 6.07 Å². The van der Waals surface area contributed by atoms with E-state index in [9.17, 15) is 9.90 Å². The highest BCUT2D eigenvalue weighted by atomic mass is 16.3. The Balaban J connectivity index is 2.10. The minimum absolute atomic E-state index is 0.0729. The minimum Gasteiger partial charge on any atom is -0.507 e. The van der Waals surface area contributed by atoms with Crippen molar-refractivity contribution in [2.45, 2.75) is 20.8 Å². The van der Waals surface area contributed by atoms with Crippen LogP contribution in [0.4, 0.5) is 5.95 Å². The van der Waals surface area contributed by atoms with Crippen LogP contribution in [0.25, 0.3) is 0 Å². The average Bonchev–Trinajstić information content (AvgIpc) is 2.38. The molecule has 0 radical (unpaired) electrons. The number of nitrogens with zero attached hydrogens (tertiary/aromatic N) is 2. The Morgan fingerprint density at radius 2 is 1.75 bits per heavy atom. The van der Waals surface area contributed by atoms with Crippen LogP contribution >= 0.6 is 0 Å². The van der Waals surface area contributed by atoms with Crippen LogP contribution in [0.1, 0.15) is 27.3 Å². The molecule has 1 aromatic carbocycles. The second kappa shape index (κ2) is 5.56. The highest BCUT2D eigenvalue weighted by molar-refractivity contribution is 5.97. The Morgan fingerprint density at radius 1 is 1.10 bits per heavy atom. The lowest BCUT2D eigenvalue weighted by molar-refractivity contribution is 0.0959. The number of rotatable bonds is 3. The van der Waals surface area contributed by atoms with Crippen molar-refractivity contribution in [1.82, 2.24) is 15.4 Å². The molecule has 0 aliphatic rings. The fourth-order valence-corrected chi connectivity index (χ4v) is 1.79. The zero-order valence-electron chi connectivity index (χ0n) is 11.6. The first-order chi connectivity index (χ1) is 9.45. The molecule has 0 spiro atoms. The van der Waals surface area contributed by atoms with Gasteiger partial charge in [0.25, 0.3) is 5.91 Å². The van der Waals surface area contributed by atoms with E-state index in [0.717, 1.165) is 17.0 Å². The lowest BCUT2D eigenvalue weighted by Gasteiger charge is -2.09. The molecule has 0 fully saturated rings. The predicted octanol–water partition coefficient (Wildman–Crippen LogP) is 1.86. The van der Waals surface area contributed by atoms with Crippen LogP contribution in [0, 0.1) is 20.8 Å². The molecule has 2 rings (SSSR count). The van der Waals surface area contributed by atoms with Crippen molar-refractivity contribution in [3.05, 3.63) is 46.8 Å². The zero-order chi connectivity index (χ0) is 14.7. The normalized spacial score (nSPS) is 10.2. The number of carbonyl (C=O) groups excluding carboxylic acids is 1. The Labute approximate surface area is 116 Å². The van der Waals surface area contributed by atoms with Crippen LogP contribution in [0.5, 0.6) is 5.75 Å². The number of anilines is 1. The van der Waals surface area contributed by atoms with Crippen LogP contribution in [-0.4, -0.2) is 21.0 Å². The number of aryl methyl sites for hydroxylation is 3. The van der Waals surface area contributed by atoms with Gasteiger partial charge in [-0.2, -0.15) is 0 Å². The monoisotopic (exact) mass is 272 g/mol. The van der Waals surface area contributed by atoms with Gasteiger partial charge in [0, 0.05) is 11.4 Å². The maximum atomic E-state index is 12.0. The number of aromatic nitrogens is 2. The van der Waals surface area contributed by atoms with Gasteiger partial charge >= 0.3 is 0 Å². The average molecular weight is 272 g/mol. The summed E-state index contributed by atoms with van der Waals surface area (Å²) >= 11 is 0. The summed E-state index contributed by atoms with van der Waals surface area (Å²) in [6.45, 7) is 5.53. The van der Waals surface area contributed by atoms with E-state index in [-0.39, 0.29) is 11.3 Å². The molecule has 2 aromatic rings. The summed E-state index contributed by atoms with van der Waals surface area (Å²) in [4.78, 5) is 20.3. The van der Waals surface area contributed by atoms with Gasteiger partial charge in [-0.3, -0.25) is 15.6 Å². The van der Waals surface area contributed by atoms with Gasteiger partial charge in [0.15, 0.2) is 0 Å². The summed E-state index contributed by atoms with van der Waals surface area (Å²) in [5, 5.41) is 9.67. The third kappa shape index (κ3) is 3.23. The molecule has 0 bridgehead atoms. The van der Waals surface area contributed by atoms with Crippen molar-refractivity contribution in [1.29, 1.82) is 0 Å². The highest BCUT2D eigenvalue weighted by Gasteiger charge is 2.11. The minimum atomic E-state index is -0.450. The predicted molar refractivity (Wildman–Crippen MR) is 75.4 cm³/mol.